The van der Waals surface area contributed by atoms with Crippen LogP contribution >= 0.6 is 0 Å². The van der Waals surface area contributed by atoms with Crippen LogP contribution in [0.4, 0.5) is 10.5 Å². The Morgan fingerprint density at radius 1 is 1.19 bits per heavy atom. The molecule has 2 aliphatic carbocycles. The van der Waals surface area contributed by atoms with E-state index in [2.05, 4.69) is 5.10 Å². The van der Waals surface area contributed by atoms with E-state index in [0.29, 0.717) is 17.8 Å². The SMILES string of the molecule is COC(=O)N1c2ccc(-c3cnn(C4CC4)c3)c(OCC(=O)N(C)C3CC3)c2CCC1C. The molecule has 0 bridgehead atoms. The number of aromatic nitrogens is 2. The molecule has 1 unspecified atom stereocenters. The molecule has 170 valence electrons. The van der Waals surface area contributed by atoms with E-state index in [-0.39, 0.29) is 24.6 Å². The second kappa shape index (κ2) is 8.15. The molecule has 2 heterocycles. The lowest BCUT2D eigenvalue weighted by Crippen LogP contribution is -2.42. The predicted octanol–water partition coefficient (Wildman–Crippen LogP) is 3.79. The van der Waals surface area contributed by atoms with Crippen molar-refractivity contribution in [1.29, 1.82) is 0 Å². The Kier molecular flexibility index (Phi) is 5.31. The second-order valence-electron chi connectivity index (χ2n) is 9.13. The number of nitrogens with zero attached hydrogens (tertiary/aromatic N) is 4. The molecule has 2 amide bonds. The van der Waals surface area contributed by atoms with E-state index in [1.54, 1.807) is 9.80 Å². The Bertz CT molecular complexity index is 1040. The number of amides is 2. The molecule has 2 saturated carbocycles. The Balaban J connectivity index is 1.52. The van der Waals surface area contributed by atoms with Crippen LogP contribution in [0.5, 0.6) is 5.75 Å². The third kappa shape index (κ3) is 3.82. The molecular weight excluding hydrogens is 408 g/mol. The van der Waals surface area contributed by atoms with Gasteiger partial charge in [-0.05, 0) is 57.6 Å². The van der Waals surface area contributed by atoms with Crippen molar-refractivity contribution < 1.29 is 19.1 Å². The second-order valence-corrected chi connectivity index (χ2v) is 9.13. The first-order valence-corrected chi connectivity index (χ1v) is 11.4. The first-order chi connectivity index (χ1) is 15.5. The van der Waals surface area contributed by atoms with Gasteiger partial charge in [-0.15, -0.1) is 0 Å². The Morgan fingerprint density at radius 3 is 2.66 bits per heavy atom. The molecule has 1 atom stereocenters. The van der Waals surface area contributed by atoms with Crippen LogP contribution in [0.25, 0.3) is 11.1 Å². The van der Waals surface area contributed by atoms with Crippen LogP contribution in [-0.4, -0.2) is 59.5 Å². The number of rotatable bonds is 6. The van der Waals surface area contributed by atoms with Gasteiger partial charge in [0.2, 0.25) is 0 Å². The number of benzene rings is 1. The zero-order valence-corrected chi connectivity index (χ0v) is 18.9. The van der Waals surface area contributed by atoms with Crippen molar-refractivity contribution in [3.63, 3.8) is 0 Å². The summed E-state index contributed by atoms with van der Waals surface area (Å²) in [5, 5.41) is 4.53. The molecule has 2 aromatic rings. The summed E-state index contributed by atoms with van der Waals surface area (Å²) in [6, 6.07) is 4.76. The topological polar surface area (TPSA) is 76.9 Å². The molecule has 0 saturated heterocycles. The van der Waals surface area contributed by atoms with Crippen LogP contribution in [0, 0.1) is 0 Å². The molecule has 0 spiro atoms. The average molecular weight is 439 g/mol. The van der Waals surface area contributed by atoms with E-state index in [1.807, 2.05) is 43.2 Å². The number of hydrogen-bond acceptors (Lipinski definition) is 5. The average Bonchev–Trinajstić information content (AvgIpc) is 3.74. The van der Waals surface area contributed by atoms with Crippen molar-refractivity contribution in [1.82, 2.24) is 14.7 Å². The summed E-state index contributed by atoms with van der Waals surface area (Å²) >= 11 is 0. The molecule has 0 N–H and O–H groups in total. The highest BCUT2D eigenvalue weighted by Gasteiger charge is 2.34. The Labute approximate surface area is 188 Å². The predicted molar refractivity (Wildman–Crippen MR) is 120 cm³/mol. The highest BCUT2D eigenvalue weighted by molar-refractivity contribution is 5.92. The number of fused-ring (bicyclic) bond motifs is 1. The fraction of sp³-hybridized carbons (Fsp3) is 0.542. The number of likely N-dealkylation sites (N-methyl/N-ethyl adjacent to an activating group) is 1. The summed E-state index contributed by atoms with van der Waals surface area (Å²) < 4.78 is 13.3. The van der Waals surface area contributed by atoms with E-state index in [9.17, 15) is 9.59 Å². The third-order valence-electron chi connectivity index (χ3n) is 6.78. The zero-order valence-electron chi connectivity index (χ0n) is 18.9. The first kappa shape index (κ1) is 20.8. The summed E-state index contributed by atoms with van der Waals surface area (Å²) in [6.07, 6.45) is 9.49. The fourth-order valence-electron chi connectivity index (χ4n) is 4.49. The van der Waals surface area contributed by atoms with Gasteiger partial charge in [0.05, 0.1) is 25.0 Å². The van der Waals surface area contributed by atoms with E-state index < -0.39 is 0 Å². The van der Waals surface area contributed by atoms with Gasteiger partial charge in [-0.25, -0.2) is 4.79 Å². The zero-order chi connectivity index (χ0) is 22.4. The van der Waals surface area contributed by atoms with Crippen LogP contribution in [0.1, 0.15) is 50.6 Å². The summed E-state index contributed by atoms with van der Waals surface area (Å²) in [5.74, 6) is 0.634. The maximum absolute atomic E-state index is 12.7. The van der Waals surface area contributed by atoms with E-state index >= 15 is 0 Å². The molecule has 8 nitrogen and oxygen atoms in total. The fourth-order valence-corrected chi connectivity index (χ4v) is 4.49. The normalized spacial score (nSPS) is 20.0. The summed E-state index contributed by atoms with van der Waals surface area (Å²) in [5.41, 5.74) is 3.58. The van der Waals surface area contributed by atoms with Crippen LogP contribution in [0.15, 0.2) is 24.5 Å². The van der Waals surface area contributed by atoms with Crippen molar-refractivity contribution in [3.8, 4) is 16.9 Å². The minimum atomic E-state index is -0.386. The molecule has 3 aliphatic rings. The van der Waals surface area contributed by atoms with E-state index in [1.165, 1.54) is 7.11 Å². The third-order valence-corrected chi connectivity index (χ3v) is 6.78. The lowest BCUT2D eigenvalue weighted by molar-refractivity contribution is -0.132. The molecule has 2 fully saturated rings. The van der Waals surface area contributed by atoms with Crippen molar-refractivity contribution >= 4 is 17.7 Å². The highest BCUT2D eigenvalue weighted by Crippen LogP contribution is 2.44. The van der Waals surface area contributed by atoms with E-state index in [0.717, 1.165) is 60.9 Å². The van der Waals surface area contributed by atoms with Crippen LogP contribution in [0.3, 0.4) is 0 Å². The van der Waals surface area contributed by atoms with Gasteiger partial charge in [-0.3, -0.25) is 14.4 Å². The number of carbonyl (C=O) groups is 2. The molecule has 8 heteroatoms. The van der Waals surface area contributed by atoms with Crippen LogP contribution < -0.4 is 9.64 Å². The van der Waals surface area contributed by atoms with Crippen molar-refractivity contribution in [2.24, 2.45) is 0 Å². The molecule has 32 heavy (non-hydrogen) atoms. The molecule has 1 aromatic heterocycles. The number of anilines is 1. The van der Waals surface area contributed by atoms with Gasteiger partial charge < -0.3 is 14.4 Å². The minimum Gasteiger partial charge on any atom is -0.483 e. The minimum absolute atomic E-state index is 0.0221. The number of ether oxygens (including phenoxy) is 2. The van der Waals surface area contributed by atoms with Crippen LogP contribution in [-0.2, 0) is 16.0 Å². The Hall–Kier alpha value is -3.03. The molecule has 5 rings (SSSR count). The molecular formula is C24H30N4O4. The summed E-state index contributed by atoms with van der Waals surface area (Å²) in [6.45, 7) is 1.99. The maximum atomic E-state index is 12.7. The maximum Gasteiger partial charge on any atom is 0.414 e. The lowest BCUT2D eigenvalue weighted by Gasteiger charge is -2.35. The number of hydrogen-bond donors (Lipinski definition) is 0. The standard InChI is InChI=1S/C24H30N4O4/c1-15-4-9-20-21(28(15)24(30)31-3)11-10-19(16-12-25-27(13-16)18-7-8-18)23(20)32-14-22(29)26(2)17-5-6-17/h10-13,15,17-18H,4-9,14H2,1-3H3. The monoisotopic (exact) mass is 438 g/mol. The summed E-state index contributed by atoms with van der Waals surface area (Å²) in [4.78, 5) is 28.7. The van der Waals surface area contributed by atoms with Crippen molar-refractivity contribution in [2.45, 2.75) is 63.6 Å². The first-order valence-electron chi connectivity index (χ1n) is 11.4. The smallest absolute Gasteiger partial charge is 0.414 e. The molecule has 1 aromatic carbocycles. The highest BCUT2D eigenvalue weighted by atomic mass is 16.5. The van der Waals surface area contributed by atoms with Crippen molar-refractivity contribution in [2.75, 3.05) is 25.7 Å². The largest absolute Gasteiger partial charge is 0.483 e. The van der Waals surface area contributed by atoms with Crippen LogP contribution in [0.2, 0.25) is 0 Å². The number of carbonyl (C=O) groups excluding carboxylic acids is 2. The van der Waals surface area contributed by atoms with Gasteiger partial charge in [0.1, 0.15) is 5.75 Å². The summed E-state index contributed by atoms with van der Waals surface area (Å²) in [7, 11) is 3.23. The molecule has 0 radical (unpaired) electrons. The Morgan fingerprint density at radius 2 is 1.97 bits per heavy atom. The molecule has 1 aliphatic heterocycles. The quantitative estimate of drug-likeness (QED) is 0.686. The number of methoxy groups -OCH3 is 1. The van der Waals surface area contributed by atoms with Gasteiger partial charge >= 0.3 is 6.09 Å². The van der Waals surface area contributed by atoms with Gasteiger partial charge in [0.25, 0.3) is 5.91 Å². The lowest BCUT2D eigenvalue weighted by atomic mass is 9.92. The van der Waals surface area contributed by atoms with Gasteiger partial charge in [-0.1, -0.05) is 0 Å². The van der Waals surface area contributed by atoms with Gasteiger partial charge in [0, 0.05) is 42.0 Å². The van der Waals surface area contributed by atoms with Gasteiger partial charge in [0.15, 0.2) is 6.61 Å². The van der Waals surface area contributed by atoms with E-state index in [4.69, 9.17) is 9.47 Å². The van der Waals surface area contributed by atoms with Gasteiger partial charge in [-0.2, -0.15) is 5.10 Å². The van der Waals surface area contributed by atoms with Crippen molar-refractivity contribution in [3.05, 3.63) is 30.1 Å².